The molecule has 21 heavy (non-hydrogen) atoms. The van der Waals surface area contributed by atoms with Crippen molar-refractivity contribution in [3.63, 3.8) is 0 Å². The monoisotopic (exact) mass is 302 g/mol. The number of aryl methyl sites for hydroxylation is 1. The third kappa shape index (κ3) is 3.47. The second-order valence-corrected chi connectivity index (χ2v) is 7.86. The maximum Gasteiger partial charge on any atom is 0.188 e. The molecule has 0 amide bonds. The zero-order valence-corrected chi connectivity index (χ0v) is 13.9. The van der Waals surface area contributed by atoms with Crippen LogP contribution < -0.4 is 5.32 Å². The van der Waals surface area contributed by atoms with Gasteiger partial charge in [0.05, 0.1) is 5.69 Å². The summed E-state index contributed by atoms with van der Waals surface area (Å²) in [6, 6.07) is 0.707. The fraction of sp³-hybridized carbons (Fsp3) is 0.562. The van der Waals surface area contributed by atoms with E-state index in [1.807, 2.05) is 19.3 Å². The third-order valence-electron chi connectivity index (χ3n) is 3.51. The van der Waals surface area contributed by atoms with Crippen molar-refractivity contribution in [1.82, 2.24) is 20.3 Å². The second-order valence-electron chi connectivity index (χ2n) is 6.78. The molecule has 4 nitrogen and oxygen atoms in total. The van der Waals surface area contributed by atoms with E-state index in [-0.39, 0.29) is 5.41 Å². The highest BCUT2D eigenvalue weighted by Gasteiger charge is 2.26. The zero-order valence-electron chi connectivity index (χ0n) is 13.1. The summed E-state index contributed by atoms with van der Waals surface area (Å²) in [6.45, 7) is 9.53. The number of nitrogens with one attached hydrogen (secondary N) is 1. The van der Waals surface area contributed by atoms with Gasteiger partial charge in [-0.15, -0.1) is 11.3 Å². The molecule has 0 saturated heterocycles. The molecule has 1 fully saturated rings. The molecule has 1 aliphatic carbocycles. The SMILES string of the molecule is Cc1cnc(-c2nc(C(C)(C)C)c(CNC3CC3)s2)nc1. The van der Waals surface area contributed by atoms with E-state index in [0.29, 0.717) is 6.04 Å². The maximum atomic E-state index is 4.83. The Hall–Kier alpha value is -1.33. The molecule has 0 aromatic carbocycles. The molecule has 0 bridgehead atoms. The van der Waals surface area contributed by atoms with Crippen molar-refractivity contribution < 1.29 is 0 Å². The normalized spacial score (nSPS) is 15.4. The van der Waals surface area contributed by atoms with Crippen LogP contribution in [0.3, 0.4) is 0 Å². The predicted octanol–water partition coefficient (Wildman–Crippen LogP) is 3.46. The standard InChI is InChI=1S/C16H22N4S/c1-10-7-18-14(19-8-10)15-20-13(16(2,3)4)12(21-15)9-17-11-5-6-11/h7-8,11,17H,5-6,9H2,1-4H3. The average molecular weight is 302 g/mol. The molecule has 2 aromatic rings. The van der Waals surface area contributed by atoms with Crippen LogP contribution >= 0.6 is 11.3 Å². The Morgan fingerprint density at radius 2 is 1.90 bits per heavy atom. The molecule has 0 atom stereocenters. The molecular weight excluding hydrogens is 280 g/mol. The minimum atomic E-state index is 0.0417. The van der Waals surface area contributed by atoms with Crippen molar-refractivity contribution in [1.29, 1.82) is 0 Å². The van der Waals surface area contributed by atoms with Gasteiger partial charge in [-0.3, -0.25) is 0 Å². The summed E-state index contributed by atoms with van der Waals surface area (Å²) in [5.41, 5.74) is 2.28. The number of aromatic nitrogens is 3. The number of nitrogens with zero attached hydrogens (tertiary/aromatic N) is 3. The summed E-state index contributed by atoms with van der Waals surface area (Å²) in [4.78, 5) is 15.0. The van der Waals surface area contributed by atoms with Crippen LogP contribution in [0.5, 0.6) is 0 Å². The highest BCUT2D eigenvalue weighted by molar-refractivity contribution is 7.15. The Labute approximate surface area is 130 Å². The first-order valence-corrected chi connectivity index (χ1v) is 8.28. The molecule has 1 saturated carbocycles. The Kier molecular flexibility index (Phi) is 3.80. The molecule has 0 spiro atoms. The van der Waals surface area contributed by atoms with Gasteiger partial charge in [-0.2, -0.15) is 0 Å². The van der Waals surface area contributed by atoms with E-state index in [1.165, 1.54) is 23.4 Å². The Morgan fingerprint density at radius 3 is 2.48 bits per heavy atom. The molecule has 1 aliphatic rings. The lowest BCUT2D eigenvalue weighted by molar-refractivity contribution is 0.559. The topological polar surface area (TPSA) is 50.7 Å². The lowest BCUT2D eigenvalue weighted by atomic mass is 9.91. The minimum absolute atomic E-state index is 0.0417. The highest BCUT2D eigenvalue weighted by Crippen LogP contribution is 2.33. The molecular formula is C16H22N4S. The first-order chi connectivity index (χ1) is 9.93. The number of thiazole rings is 1. The summed E-state index contributed by atoms with van der Waals surface area (Å²) >= 11 is 1.72. The average Bonchev–Trinajstić information content (AvgIpc) is 3.14. The third-order valence-corrected chi connectivity index (χ3v) is 4.56. The van der Waals surface area contributed by atoms with E-state index in [1.54, 1.807) is 11.3 Å². The van der Waals surface area contributed by atoms with Gasteiger partial charge in [0.2, 0.25) is 0 Å². The van der Waals surface area contributed by atoms with Crippen LogP contribution in [0.4, 0.5) is 0 Å². The van der Waals surface area contributed by atoms with E-state index in [4.69, 9.17) is 4.98 Å². The van der Waals surface area contributed by atoms with Crippen LogP contribution in [-0.2, 0) is 12.0 Å². The van der Waals surface area contributed by atoms with Gasteiger partial charge in [0, 0.05) is 35.3 Å². The first-order valence-electron chi connectivity index (χ1n) is 7.46. The van der Waals surface area contributed by atoms with Crippen molar-refractivity contribution in [2.24, 2.45) is 0 Å². The Bertz CT molecular complexity index is 621. The molecule has 5 heteroatoms. The second kappa shape index (κ2) is 5.46. The zero-order chi connectivity index (χ0) is 15.0. The van der Waals surface area contributed by atoms with Gasteiger partial charge in [-0.05, 0) is 25.3 Å². The maximum absolute atomic E-state index is 4.83. The van der Waals surface area contributed by atoms with Gasteiger partial charge in [-0.25, -0.2) is 15.0 Å². The van der Waals surface area contributed by atoms with Crippen LogP contribution in [-0.4, -0.2) is 21.0 Å². The summed E-state index contributed by atoms with van der Waals surface area (Å²) < 4.78 is 0. The summed E-state index contributed by atoms with van der Waals surface area (Å²) in [5, 5.41) is 4.51. The highest BCUT2D eigenvalue weighted by atomic mass is 32.1. The minimum Gasteiger partial charge on any atom is -0.309 e. The fourth-order valence-corrected chi connectivity index (χ4v) is 3.35. The molecule has 0 unspecified atom stereocenters. The van der Waals surface area contributed by atoms with Crippen LogP contribution in [0, 0.1) is 6.92 Å². The van der Waals surface area contributed by atoms with E-state index in [9.17, 15) is 0 Å². The predicted molar refractivity (Wildman–Crippen MR) is 86.4 cm³/mol. The van der Waals surface area contributed by atoms with Gasteiger partial charge < -0.3 is 5.32 Å². The van der Waals surface area contributed by atoms with Crippen molar-refractivity contribution in [2.45, 2.75) is 58.5 Å². The molecule has 2 heterocycles. The molecule has 2 aromatic heterocycles. The van der Waals surface area contributed by atoms with Crippen molar-refractivity contribution in [2.75, 3.05) is 0 Å². The largest absolute Gasteiger partial charge is 0.309 e. The molecule has 112 valence electrons. The molecule has 0 aliphatic heterocycles. The fourth-order valence-electron chi connectivity index (χ4n) is 2.18. The molecule has 3 rings (SSSR count). The van der Waals surface area contributed by atoms with E-state index >= 15 is 0 Å². The van der Waals surface area contributed by atoms with E-state index < -0.39 is 0 Å². The summed E-state index contributed by atoms with van der Waals surface area (Å²) in [5.74, 6) is 0.730. The summed E-state index contributed by atoms with van der Waals surface area (Å²) in [7, 11) is 0. The first kappa shape index (κ1) is 14.6. The van der Waals surface area contributed by atoms with E-state index in [2.05, 4.69) is 36.1 Å². The van der Waals surface area contributed by atoms with Gasteiger partial charge in [0.15, 0.2) is 10.8 Å². The van der Waals surface area contributed by atoms with Crippen molar-refractivity contribution >= 4 is 11.3 Å². The van der Waals surface area contributed by atoms with E-state index in [0.717, 1.165) is 22.9 Å². The van der Waals surface area contributed by atoms with Crippen molar-refractivity contribution in [3.8, 4) is 10.8 Å². The molecule has 0 radical (unpaired) electrons. The van der Waals surface area contributed by atoms with Gasteiger partial charge in [0.1, 0.15) is 0 Å². The van der Waals surface area contributed by atoms with Crippen LogP contribution in [0.25, 0.3) is 10.8 Å². The summed E-state index contributed by atoms with van der Waals surface area (Å²) in [6.07, 6.45) is 6.31. The lowest BCUT2D eigenvalue weighted by Gasteiger charge is -2.17. The number of hydrogen-bond donors (Lipinski definition) is 1. The Morgan fingerprint density at radius 1 is 1.24 bits per heavy atom. The smallest absolute Gasteiger partial charge is 0.188 e. The van der Waals surface area contributed by atoms with Gasteiger partial charge in [0.25, 0.3) is 0 Å². The van der Waals surface area contributed by atoms with Gasteiger partial charge in [-0.1, -0.05) is 20.8 Å². The Balaban J connectivity index is 1.91. The quantitative estimate of drug-likeness (QED) is 0.939. The van der Waals surface area contributed by atoms with Crippen LogP contribution in [0.1, 0.15) is 49.7 Å². The number of rotatable bonds is 4. The molecule has 1 N–H and O–H groups in total. The number of hydrogen-bond acceptors (Lipinski definition) is 5. The van der Waals surface area contributed by atoms with Crippen LogP contribution in [0.15, 0.2) is 12.4 Å². The van der Waals surface area contributed by atoms with Crippen molar-refractivity contribution in [3.05, 3.63) is 28.5 Å². The van der Waals surface area contributed by atoms with Gasteiger partial charge >= 0.3 is 0 Å². The lowest BCUT2D eigenvalue weighted by Crippen LogP contribution is -2.19. The van der Waals surface area contributed by atoms with Crippen LogP contribution in [0.2, 0.25) is 0 Å².